The Kier molecular flexibility index (Phi) is 5.43. The van der Waals surface area contributed by atoms with Crippen LogP contribution in [-0.4, -0.2) is 56.3 Å². The summed E-state index contributed by atoms with van der Waals surface area (Å²) in [7, 11) is -3.34. The molecule has 1 aliphatic heterocycles. The normalized spacial score (nSPS) is 14.5. The van der Waals surface area contributed by atoms with Gasteiger partial charge in [0.1, 0.15) is 23.4 Å². The number of oxazole rings is 1. The second kappa shape index (κ2) is 8.66. The number of nitrogens with zero attached hydrogens (tertiary/aromatic N) is 6. The molecule has 4 heterocycles. The molecule has 0 aliphatic carbocycles. The second-order valence-electron chi connectivity index (χ2n) is 8.79. The van der Waals surface area contributed by atoms with Crippen molar-refractivity contribution in [2.75, 3.05) is 24.6 Å². The van der Waals surface area contributed by atoms with E-state index < -0.39 is 10.0 Å². The summed E-state index contributed by atoms with van der Waals surface area (Å²) >= 11 is 0. The highest BCUT2D eigenvalue weighted by Crippen LogP contribution is 2.32. The monoisotopic (exact) mass is 504 g/mol. The van der Waals surface area contributed by atoms with Crippen LogP contribution in [0.25, 0.3) is 33.4 Å². The van der Waals surface area contributed by atoms with Gasteiger partial charge >= 0.3 is 0 Å². The summed E-state index contributed by atoms with van der Waals surface area (Å²) in [6.45, 7) is 1.40. The molecule has 0 radical (unpaired) electrons. The molecule has 11 nitrogen and oxygen atoms in total. The number of benzene rings is 2. The van der Waals surface area contributed by atoms with Gasteiger partial charge in [-0.15, -0.1) is 0 Å². The van der Waals surface area contributed by atoms with Crippen LogP contribution in [0.4, 0.5) is 5.82 Å². The van der Waals surface area contributed by atoms with Crippen LogP contribution in [0.3, 0.4) is 0 Å². The SMILES string of the molecule is NCCS(=O)(=O)N1CCc2cc(Cn3nc(-c4ccc5ocnc5c4)c4c(N)ncnc43)ccc2C1. The lowest BCUT2D eigenvalue weighted by Gasteiger charge is -2.28. The molecule has 0 fully saturated rings. The number of aromatic nitrogens is 5. The number of hydrogen-bond acceptors (Lipinski definition) is 9. The molecule has 1 aliphatic rings. The maximum atomic E-state index is 12.4. The summed E-state index contributed by atoms with van der Waals surface area (Å²) in [6, 6.07) is 11.8. The molecule has 184 valence electrons. The van der Waals surface area contributed by atoms with Crippen LogP contribution in [0.5, 0.6) is 0 Å². The summed E-state index contributed by atoms with van der Waals surface area (Å²) < 4.78 is 33.6. The largest absolute Gasteiger partial charge is 0.443 e. The fourth-order valence-electron chi connectivity index (χ4n) is 4.72. The number of rotatable bonds is 6. The van der Waals surface area contributed by atoms with Crippen molar-refractivity contribution in [2.45, 2.75) is 19.5 Å². The molecule has 5 aromatic rings. The molecule has 0 amide bonds. The van der Waals surface area contributed by atoms with Crippen molar-refractivity contribution >= 4 is 38.0 Å². The Bertz CT molecular complexity index is 1710. The van der Waals surface area contributed by atoms with Crippen molar-refractivity contribution < 1.29 is 12.8 Å². The topological polar surface area (TPSA) is 159 Å². The molecule has 6 rings (SSSR count). The van der Waals surface area contributed by atoms with Gasteiger partial charge in [0.25, 0.3) is 0 Å². The first-order chi connectivity index (χ1) is 17.4. The minimum Gasteiger partial charge on any atom is -0.443 e. The molecule has 0 bridgehead atoms. The van der Waals surface area contributed by atoms with E-state index in [4.69, 9.17) is 21.0 Å². The van der Waals surface area contributed by atoms with Crippen molar-refractivity contribution in [3.63, 3.8) is 0 Å². The van der Waals surface area contributed by atoms with Crippen molar-refractivity contribution in [3.8, 4) is 11.3 Å². The van der Waals surface area contributed by atoms with E-state index >= 15 is 0 Å². The van der Waals surface area contributed by atoms with E-state index in [9.17, 15) is 8.42 Å². The van der Waals surface area contributed by atoms with E-state index in [2.05, 4.69) is 21.0 Å². The molecule has 3 aromatic heterocycles. The minimum absolute atomic E-state index is 0.0380. The predicted octanol–water partition coefficient (Wildman–Crippen LogP) is 1.91. The Labute approximate surface area is 206 Å². The van der Waals surface area contributed by atoms with Gasteiger partial charge in [-0.05, 0) is 41.3 Å². The number of fused-ring (bicyclic) bond motifs is 3. The smallest absolute Gasteiger partial charge is 0.215 e. The third-order valence-electron chi connectivity index (χ3n) is 6.51. The Morgan fingerprint density at radius 2 is 1.94 bits per heavy atom. The lowest BCUT2D eigenvalue weighted by atomic mass is 9.98. The molecule has 0 saturated heterocycles. The van der Waals surface area contributed by atoms with Crippen molar-refractivity contribution in [3.05, 3.63) is 65.8 Å². The van der Waals surface area contributed by atoms with E-state index in [-0.39, 0.29) is 12.3 Å². The van der Waals surface area contributed by atoms with E-state index in [1.807, 2.05) is 35.0 Å². The second-order valence-corrected chi connectivity index (χ2v) is 10.9. The summed E-state index contributed by atoms with van der Waals surface area (Å²) in [4.78, 5) is 12.9. The Hall–Kier alpha value is -3.87. The highest BCUT2D eigenvalue weighted by molar-refractivity contribution is 7.89. The minimum atomic E-state index is -3.34. The van der Waals surface area contributed by atoms with Gasteiger partial charge < -0.3 is 15.9 Å². The number of sulfonamides is 1. The molecule has 0 unspecified atom stereocenters. The van der Waals surface area contributed by atoms with Gasteiger partial charge in [0.05, 0.1) is 17.7 Å². The van der Waals surface area contributed by atoms with Gasteiger partial charge in [-0.1, -0.05) is 18.2 Å². The first kappa shape index (κ1) is 22.6. The van der Waals surface area contributed by atoms with Crippen LogP contribution < -0.4 is 11.5 Å². The van der Waals surface area contributed by atoms with E-state index in [0.717, 1.165) is 27.8 Å². The third-order valence-corrected chi connectivity index (χ3v) is 8.36. The van der Waals surface area contributed by atoms with Crippen LogP contribution >= 0.6 is 0 Å². The molecular formula is C24H24N8O3S. The Morgan fingerprint density at radius 1 is 1.06 bits per heavy atom. The summed E-state index contributed by atoms with van der Waals surface area (Å²) in [5.74, 6) is 0.315. The average molecular weight is 505 g/mol. The summed E-state index contributed by atoms with van der Waals surface area (Å²) in [6.07, 6.45) is 3.49. The lowest BCUT2D eigenvalue weighted by Crippen LogP contribution is -2.38. The highest BCUT2D eigenvalue weighted by atomic mass is 32.2. The van der Waals surface area contributed by atoms with Crippen LogP contribution in [-0.2, 0) is 29.5 Å². The van der Waals surface area contributed by atoms with Gasteiger partial charge in [0.15, 0.2) is 17.6 Å². The third kappa shape index (κ3) is 3.88. The fraction of sp³-hybridized carbons (Fsp3) is 0.250. The standard InChI is InChI=1S/C24H24N8O3S/c25-6-8-36(33,34)31-7-5-16-9-15(1-2-18(16)12-31)11-32-24-21(23(26)27-13-28-24)22(30-32)17-3-4-20-19(10-17)29-14-35-20/h1-4,9-10,13-14H,5-8,11-12,25H2,(H2,26,27,28). The van der Waals surface area contributed by atoms with Crippen molar-refractivity contribution in [2.24, 2.45) is 5.73 Å². The van der Waals surface area contributed by atoms with E-state index in [1.165, 1.54) is 17.0 Å². The highest BCUT2D eigenvalue weighted by Gasteiger charge is 2.26. The number of nitrogens with two attached hydrogens (primary N) is 2. The first-order valence-corrected chi connectivity index (χ1v) is 13.1. The molecule has 36 heavy (non-hydrogen) atoms. The predicted molar refractivity (Wildman–Crippen MR) is 135 cm³/mol. The van der Waals surface area contributed by atoms with Crippen LogP contribution in [0.1, 0.15) is 16.7 Å². The number of anilines is 1. The van der Waals surface area contributed by atoms with Crippen molar-refractivity contribution in [1.82, 2.24) is 29.0 Å². The zero-order chi connectivity index (χ0) is 24.9. The molecule has 12 heteroatoms. The molecule has 0 atom stereocenters. The zero-order valence-electron chi connectivity index (χ0n) is 19.3. The quantitative estimate of drug-likeness (QED) is 0.352. The van der Waals surface area contributed by atoms with Crippen LogP contribution in [0.2, 0.25) is 0 Å². The molecule has 2 aromatic carbocycles. The molecule has 4 N–H and O–H groups in total. The van der Waals surface area contributed by atoms with Gasteiger partial charge in [-0.3, -0.25) is 0 Å². The fourth-order valence-corrected chi connectivity index (χ4v) is 5.98. The number of nitrogen functional groups attached to an aromatic ring is 1. The maximum Gasteiger partial charge on any atom is 0.215 e. The molecular weight excluding hydrogens is 480 g/mol. The van der Waals surface area contributed by atoms with Crippen LogP contribution in [0, 0.1) is 0 Å². The molecule has 0 spiro atoms. The van der Waals surface area contributed by atoms with Crippen molar-refractivity contribution in [1.29, 1.82) is 0 Å². The average Bonchev–Trinajstić information content (AvgIpc) is 3.49. The van der Waals surface area contributed by atoms with E-state index in [0.29, 0.717) is 54.2 Å². The Morgan fingerprint density at radius 3 is 2.81 bits per heavy atom. The molecule has 0 saturated carbocycles. The summed E-state index contributed by atoms with van der Waals surface area (Å²) in [5, 5.41) is 5.54. The van der Waals surface area contributed by atoms with Gasteiger partial charge in [-0.25, -0.2) is 28.1 Å². The van der Waals surface area contributed by atoms with Gasteiger partial charge in [0.2, 0.25) is 10.0 Å². The summed E-state index contributed by atoms with van der Waals surface area (Å²) in [5.41, 5.74) is 18.5. The van der Waals surface area contributed by atoms with E-state index in [1.54, 1.807) is 0 Å². The zero-order valence-corrected chi connectivity index (χ0v) is 20.1. The lowest BCUT2D eigenvalue weighted by molar-refractivity contribution is 0.391. The first-order valence-electron chi connectivity index (χ1n) is 11.5. The number of hydrogen-bond donors (Lipinski definition) is 2. The van der Waals surface area contributed by atoms with Gasteiger partial charge in [-0.2, -0.15) is 9.40 Å². The van der Waals surface area contributed by atoms with Crippen LogP contribution in [0.15, 0.2) is 53.5 Å². The maximum absolute atomic E-state index is 12.4. The Balaban J connectivity index is 1.34. The van der Waals surface area contributed by atoms with Gasteiger partial charge in [0, 0.05) is 25.2 Å².